The molecule has 1 aliphatic rings. The number of nitrogens with two attached hydrogens (primary N) is 1. The number of anilines is 1. The number of ether oxygens (including phenoxy) is 1. The molecule has 1 aliphatic heterocycles. The van der Waals surface area contributed by atoms with E-state index in [1.165, 1.54) is 12.1 Å². The Labute approximate surface area is 184 Å². The van der Waals surface area contributed by atoms with Crippen LogP contribution in [0.1, 0.15) is 28.8 Å². The molecule has 1 saturated heterocycles. The van der Waals surface area contributed by atoms with Gasteiger partial charge in [0.05, 0.1) is 17.1 Å². The van der Waals surface area contributed by atoms with Crippen LogP contribution in [0.15, 0.2) is 48.5 Å². The number of halogens is 1. The van der Waals surface area contributed by atoms with Gasteiger partial charge in [-0.15, -0.1) is 0 Å². The Hall–Kier alpha value is -3.52. The quantitative estimate of drug-likeness (QED) is 0.486. The molecular weight excluding hydrogens is 409 g/mol. The van der Waals surface area contributed by atoms with Gasteiger partial charge in [-0.05, 0) is 49.1 Å². The van der Waals surface area contributed by atoms with Crippen molar-refractivity contribution in [3.8, 4) is 0 Å². The van der Waals surface area contributed by atoms with E-state index in [-0.39, 0.29) is 17.8 Å². The molecule has 164 valence electrons. The van der Waals surface area contributed by atoms with E-state index in [0.717, 1.165) is 30.5 Å². The summed E-state index contributed by atoms with van der Waals surface area (Å²) in [6.45, 7) is 1.64. The van der Waals surface area contributed by atoms with Gasteiger partial charge in [-0.25, -0.2) is 14.4 Å². The standard InChI is InChI=1S/C24H24FN5O2/c25-16-9-7-15(8-10-16)11-12-30-22(26)20(24(31)27-14-17-4-3-13-32-17)21-23(30)29-19-6-2-1-5-18(19)28-21/h1-2,5-10,17H,3-4,11-14,26H2,(H,27,31)/t17-/m0/s1. The Morgan fingerprint density at radius 2 is 1.91 bits per heavy atom. The minimum Gasteiger partial charge on any atom is -0.384 e. The number of nitrogen functional groups attached to an aromatic ring is 1. The number of nitrogens with one attached hydrogen (secondary N) is 1. The summed E-state index contributed by atoms with van der Waals surface area (Å²) in [7, 11) is 0. The van der Waals surface area contributed by atoms with Gasteiger partial charge in [0.2, 0.25) is 0 Å². The number of nitrogens with zero attached hydrogens (tertiary/aromatic N) is 3. The third-order valence-electron chi connectivity index (χ3n) is 5.87. The molecule has 4 aromatic rings. The molecule has 2 aromatic heterocycles. The number of amides is 1. The number of carbonyl (C=O) groups is 1. The summed E-state index contributed by atoms with van der Waals surface area (Å²) in [4.78, 5) is 22.6. The molecule has 1 fully saturated rings. The summed E-state index contributed by atoms with van der Waals surface area (Å²) in [5, 5.41) is 2.95. The highest BCUT2D eigenvalue weighted by Crippen LogP contribution is 2.28. The number of benzene rings is 2. The number of carbonyl (C=O) groups excluding carboxylic acids is 1. The topological polar surface area (TPSA) is 95.1 Å². The molecule has 0 saturated carbocycles. The van der Waals surface area contributed by atoms with Crippen molar-refractivity contribution in [1.82, 2.24) is 19.9 Å². The lowest BCUT2D eigenvalue weighted by Gasteiger charge is -2.11. The van der Waals surface area contributed by atoms with Crippen LogP contribution in [0.4, 0.5) is 10.2 Å². The number of rotatable bonds is 6. The molecule has 0 spiro atoms. The van der Waals surface area contributed by atoms with Gasteiger partial charge >= 0.3 is 0 Å². The second-order valence-electron chi connectivity index (χ2n) is 8.02. The maximum atomic E-state index is 13.3. The minimum absolute atomic E-state index is 0.0268. The van der Waals surface area contributed by atoms with Crippen LogP contribution in [0.5, 0.6) is 0 Å². The summed E-state index contributed by atoms with van der Waals surface area (Å²) in [5.41, 5.74) is 10.2. The van der Waals surface area contributed by atoms with Crippen molar-refractivity contribution in [1.29, 1.82) is 0 Å². The molecule has 0 unspecified atom stereocenters. The van der Waals surface area contributed by atoms with E-state index in [4.69, 9.17) is 20.4 Å². The van der Waals surface area contributed by atoms with Crippen molar-refractivity contribution in [2.24, 2.45) is 0 Å². The number of para-hydroxylation sites is 2. The monoisotopic (exact) mass is 433 g/mol. The predicted octanol–water partition coefficient (Wildman–Crippen LogP) is 3.46. The lowest BCUT2D eigenvalue weighted by Crippen LogP contribution is -2.32. The minimum atomic E-state index is -0.284. The van der Waals surface area contributed by atoms with E-state index in [9.17, 15) is 9.18 Å². The first-order valence-corrected chi connectivity index (χ1v) is 10.8. The van der Waals surface area contributed by atoms with Crippen LogP contribution in [0, 0.1) is 5.82 Å². The maximum Gasteiger partial charge on any atom is 0.257 e. The Kier molecular flexibility index (Phi) is 5.45. The van der Waals surface area contributed by atoms with Crippen LogP contribution in [0.25, 0.3) is 22.2 Å². The molecule has 3 N–H and O–H groups in total. The van der Waals surface area contributed by atoms with Gasteiger partial charge in [0.25, 0.3) is 5.91 Å². The van der Waals surface area contributed by atoms with Gasteiger partial charge in [-0.2, -0.15) is 0 Å². The van der Waals surface area contributed by atoms with E-state index in [0.29, 0.717) is 47.6 Å². The first-order chi connectivity index (χ1) is 15.6. The van der Waals surface area contributed by atoms with Crippen LogP contribution in [-0.4, -0.2) is 39.7 Å². The van der Waals surface area contributed by atoms with Gasteiger partial charge in [0.1, 0.15) is 22.7 Å². The molecule has 7 nitrogen and oxygen atoms in total. The van der Waals surface area contributed by atoms with Crippen molar-refractivity contribution in [2.45, 2.75) is 31.9 Å². The molecule has 1 amide bonds. The number of aryl methyl sites for hydroxylation is 2. The average molecular weight is 433 g/mol. The molecule has 0 bridgehead atoms. The second-order valence-corrected chi connectivity index (χ2v) is 8.02. The van der Waals surface area contributed by atoms with Crippen LogP contribution >= 0.6 is 0 Å². The zero-order chi connectivity index (χ0) is 22.1. The molecule has 3 heterocycles. The summed E-state index contributed by atoms with van der Waals surface area (Å²) in [6, 6.07) is 13.9. The first-order valence-electron chi connectivity index (χ1n) is 10.8. The van der Waals surface area contributed by atoms with Crippen LogP contribution in [-0.2, 0) is 17.7 Å². The Balaban J connectivity index is 1.52. The average Bonchev–Trinajstić information content (AvgIpc) is 3.41. The predicted molar refractivity (Wildman–Crippen MR) is 121 cm³/mol. The highest BCUT2D eigenvalue weighted by Gasteiger charge is 2.25. The van der Waals surface area contributed by atoms with Gasteiger partial charge in [-0.3, -0.25) is 4.79 Å². The molecule has 0 radical (unpaired) electrons. The number of hydrogen-bond donors (Lipinski definition) is 2. The first kappa shape index (κ1) is 20.4. The Morgan fingerprint density at radius 1 is 1.16 bits per heavy atom. The highest BCUT2D eigenvalue weighted by molar-refractivity contribution is 6.10. The Bertz CT molecular complexity index is 1280. The van der Waals surface area contributed by atoms with Gasteiger partial charge in [-0.1, -0.05) is 24.3 Å². The maximum absolute atomic E-state index is 13.3. The number of aromatic nitrogens is 3. The molecule has 5 rings (SSSR count). The normalized spacial score (nSPS) is 16.1. The summed E-state index contributed by atoms with van der Waals surface area (Å²) in [5.74, 6) is -0.238. The molecule has 2 aromatic carbocycles. The van der Waals surface area contributed by atoms with E-state index >= 15 is 0 Å². The molecule has 1 atom stereocenters. The highest BCUT2D eigenvalue weighted by atomic mass is 19.1. The molecule has 32 heavy (non-hydrogen) atoms. The smallest absolute Gasteiger partial charge is 0.257 e. The Morgan fingerprint density at radius 3 is 2.62 bits per heavy atom. The SMILES string of the molecule is Nc1c(C(=O)NC[C@@H]2CCCO2)c2nc3ccccc3nc2n1CCc1ccc(F)cc1. The summed E-state index contributed by atoms with van der Waals surface area (Å²) in [6.07, 6.45) is 2.57. The third kappa shape index (κ3) is 3.89. The molecule has 8 heteroatoms. The van der Waals surface area contributed by atoms with Gasteiger partial charge in [0, 0.05) is 19.7 Å². The lowest BCUT2D eigenvalue weighted by atomic mass is 10.1. The number of hydrogen-bond acceptors (Lipinski definition) is 5. The van der Waals surface area contributed by atoms with Crippen molar-refractivity contribution in [3.05, 3.63) is 65.5 Å². The summed E-state index contributed by atoms with van der Waals surface area (Å²) >= 11 is 0. The van der Waals surface area contributed by atoms with E-state index in [1.54, 1.807) is 12.1 Å². The third-order valence-corrected chi connectivity index (χ3v) is 5.87. The van der Waals surface area contributed by atoms with Crippen molar-refractivity contribution in [3.63, 3.8) is 0 Å². The van der Waals surface area contributed by atoms with Crippen LogP contribution in [0.3, 0.4) is 0 Å². The lowest BCUT2D eigenvalue weighted by molar-refractivity contribution is 0.0859. The van der Waals surface area contributed by atoms with Crippen LogP contribution in [0.2, 0.25) is 0 Å². The largest absolute Gasteiger partial charge is 0.384 e. The van der Waals surface area contributed by atoms with E-state index in [2.05, 4.69) is 5.32 Å². The fraction of sp³-hybridized carbons (Fsp3) is 0.292. The fourth-order valence-corrected chi connectivity index (χ4v) is 4.16. The summed E-state index contributed by atoms with van der Waals surface area (Å²) < 4.78 is 20.7. The molecular formula is C24H24FN5O2. The van der Waals surface area contributed by atoms with Gasteiger partial charge in [0.15, 0.2) is 5.65 Å². The van der Waals surface area contributed by atoms with Crippen molar-refractivity contribution >= 4 is 33.9 Å². The number of fused-ring (bicyclic) bond motifs is 2. The zero-order valence-electron chi connectivity index (χ0n) is 17.6. The van der Waals surface area contributed by atoms with E-state index < -0.39 is 0 Å². The van der Waals surface area contributed by atoms with E-state index in [1.807, 2.05) is 28.8 Å². The second kappa shape index (κ2) is 8.55. The van der Waals surface area contributed by atoms with Crippen LogP contribution < -0.4 is 11.1 Å². The van der Waals surface area contributed by atoms with Gasteiger partial charge < -0.3 is 20.4 Å². The van der Waals surface area contributed by atoms with Crippen molar-refractivity contribution < 1.29 is 13.9 Å². The molecule has 0 aliphatic carbocycles. The zero-order valence-corrected chi connectivity index (χ0v) is 17.6. The fourth-order valence-electron chi connectivity index (χ4n) is 4.16. The van der Waals surface area contributed by atoms with Crippen molar-refractivity contribution in [2.75, 3.05) is 18.9 Å².